The molecule has 0 nitrogen and oxygen atoms in total. The maximum absolute atomic E-state index is 7.12. The van der Waals surface area contributed by atoms with Crippen molar-refractivity contribution in [2.45, 2.75) is 0 Å². The van der Waals surface area contributed by atoms with E-state index in [1.165, 1.54) is 0 Å². The van der Waals surface area contributed by atoms with Crippen molar-refractivity contribution in [2.24, 2.45) is 0 Å². The van der Waals surface area contributed by atoms with Gasteiger partial charge in [-0.15, -0.1) is 0 Å². The third-order valence-corrected chi connectivity index (χ3v) is 0.750. The summed E-state index contributed by atoms with van der Waals surface area (Å²) in [6.45, 7) is 0. The number of benzene rings is 2. The molecule has 12 heavy (non-hydrogen) atoms. The minimum Gasteiger partial charge on any atom is -0.0623 e. The van der Waals surface area contributed by atoms with Gasteiger partial charge in [-0.25, -0.2) is 0 Å². The third-order valence-electron chi connectivity index (χ3n) is 0.750. The highest BCUT2D eigenvalue weighted by Gasteiger charge is 1.58. The van der Waals surface area contributed by atoms with E-state index in [0.717, 1.165) is 0 Å². The molecule has 2 rings (SSSR count). The van der Waals surface area contributed by atoms with Crippen LogP contribution >= 0.6 is 0 Å². The Hall–Kier alpha value is -1.56. The smallest absolute Gasteiger partial charge is 0.0623 e. The molecule has 0 saturated heterocycles. The van der Waals surface area contributed by atoms with Crippen molar-refractivity contribution in [1.82, 2.24) is 0 Å². The summed E-state index contributed by atoms with van der Waals surface area (Å²) in [5.74, 6) is 0. The molecule has 0 aromatic heterocycles. The quantitative estimate of drug-likeness (QED) is 0.566. The topological polar surface area (TPSA) is 0 Å². The summed E-state index contributed by atoms with van der Waals surface area (Å²) in [5, 5.41) is 0. The molecule has 0 radical (unpaired) electrons. The Labute approximate surface area is 90.4 Å². The molecule has 0 aliphatic heterocycles. The average molecular weight is 168 g/mol. The van der Waals surface area contributed by atoms with Crippen molar-refractivity contribution >= 4 is 0 Å². The van der Waals surface area contributed by atoms with Crippen LogP contribution in [-0.4, -0.2) is 0 Å². The monoisotopic (exact) mass is 168 g/mol. The van der Waals surface area contributed by atoms with Crippen LogP contribution in [0.2, 0.25) is 0 Å². The first-order chi connectivity index (χ1) is 10.9. The summed E-state index contributed by atoms with van der Waals surface area (Å²) in [5.41, 5.74) is 0. The van der Waals surface area contributed by atoms with Crippen LogP contribution in [0.3, 0.4) is 0 Å². The summed E-state index contributed by atoms with van der Waals surface area (Å²) in [6, 6.07) is -5.49. The zero-order valence-corrected chi connectivity index (χ0v) is 6.00. The predicted molar refractivity (Wildman–Crippen MR) is 52.9 cm³/mol. The molecule has 0 spiro atoms. The van der Waals surface area contributed by atoms with Crippen LogP contribution in [0, 0.1) is 0 Å². The SMILES string of the molecule is [2H]c1c([2H])c([2H])c([2H])c([2H])c1[2H].[2H]c1c([2H])c([2H])c([2H])c([2H])c1[2H]. The van der Waals surface area contributed by atoms with Crippen LogP contribution in [0.1, 0.15) is 16.4 Å². The molecular weight excluding hydrogens is 144 g/mol. The van der Waals surface area contributed by atoms with Gasteiger partial charge in [-0.1, -0.05) is 72.5 Å². The molecule has 0 heterocycles. The van der Waals surface area contributed by atoms with Crippen LogP contribution in [-0.2, 0) is 0 Å². The first kappa shape index (κ1) is 1.85. The maximum Gasteiger partial charge on any atom is 0.0623 e. The summed E-state index contributed by atoms with van der Waals surface area (Å²) < 4.78 is 85.5. The van der Waals surface area contributed by atoms with E-state index < -0.39 is 72.5 Å². The lowest BCUT2D eigenvalue weighted by Gasteiger charge is -1.69. The maximum atomic E-state index is 7.12. The number of rotatable bonds is 0. The fourth-order valence-corrected chi connectivity index (χ4v) is 0.375. The molecule has 0 amide bonds. The van der Waals surface area contributed by atoms with Crippen LogP contribution in [0.4, 0.5) is 0 Å². The van der Waals surface area contributed by atoms with Crippen molar-refractivity contribution in [3.8, 4) is 0 Å². The Bertz CT molecular complexity index is 520. The van der Waals surface area contributed by atoms with Gasteiger partial charge >= 0.3 is 0 Å². The fraction of sp³-hybridized carbons (Fsp3) is 0. The van der Waals surface area contributed by atoms with Gasteiger partial charge in [0.25, 0.3) is 0 Å². The van der Waals surface area contributed by atoms with Gasteiger partial charge in [-0.05, 0) is 0 Å². The molecule has 0 N–H and O–H groups in total. The van der Waals surface area contributed by atoms with E-state index in [2.05, 4.69) is 0 Å². The van der Waals surface area contributed by atoms with Crippen LogP contribution in [0.15, 0.2) is 72.5 Å². The van der Waals surface area contributed by atoms with E-state index in [1.807, 2.05) is 0 Å². The van der Waals surface area contributed by atoms with Crippen molar-refractivity contribution in [3.63, 3.8) is 0 Å². The summed E-state index contributed by atoms with van der Waals surface area (Å²) in [6.07, 6.45) is 0. The minimum atomic E-state index is -0.457. The minimum absolute atomic E-state index is 0.457. The third kappa shape index (κ3) is 4.29. The van der Waals surface area contributed by atoms with Gasteiger partial charge in [0, 0.05) is 0 Å². The molecule has 2 aromatic carbocycles. The zero-order chi connectivity index (χ0) is 18.9. The van der Waals surface area contributed by atoms with Gasteiger partial charge in [0.2, 0.25) is 0 Å². The lowest BCUT2D eigenvalue weighted by atomic mass is 10.4. The molecule has 0 saturated carbocycles. The van der Waals surface area contributed by atoms with E-state index in [4.69, 9.17) is 16.4 Å². The Kier molecular flexibility index (Phi) is 0.950. The highest BCUT2D eigenvalue weighted by atomic mass is 13.7. The summed E-state index contributed by atoms with van der Waals surface area (Å²) in [4.78, 5) is 0. The second-order valence-electron chi connectivity index (χ2n) is 1.50. The largest absolute Gasteiger partial charge is 0.0623 e. The number of hydrogen-bond acceptors (Lipinski definition) is 0. The molecular formula is C12H12. The Morgan fingerprint density at radius 1 is 0.333 bits per heavy atom. The van der Waals surface area contributed by atoms with E-state index in [9.17, 15) is 0 Å². The predicted octanol–water partition coefficient (Wildman–Crippen LogP) is 3.37. The van der Waals surface area contributed by atoms with Crippen LogP contribution < -0.4 is 0 Å². The van der Waals surface area contributed by atoms with E-state index in [1.54, 1.807) is 0 Å². The highest BCUT2D eigenvalue weighted by Crippen LogP contribution is 1.80. The molecule has 0 aliphatic rings. The standard InChI is InChI=1S/2C6H6/c2*1-2-4-6-5-3-1/h2*1-6H/i2*1D,2D,3D,4D,5D,6D. The van der Waals surface area contributed by atoms with Gasteiger partial charge in [0.15, 0.2) is 0 Å². The Balaban J connectivity index is 0.000000240. The summed E-state index contributed by atoms with van der Waals surface area (Å²) in [7, 11) is 0. The highest BCUT2D eigenvalue weighted by molar-refractivity contribution is 4.99. The van der Waals surface area contributed by atoms with Crippen molar-refractivity contribution in [3.05, 3.63) is 72.5 Å². The van der Waals surface area contributed by atoms with Crippen LogP contribution in [0.5, 0.6) is 0 Å². The van der Waals surface area contributed by atoms with Gasteiger partial charge in [-0.2, -0.15) is 0 Å². The van der Waals surface area contributed by atoms with E-state index >= 15 is 0 Å². The molecule has 0 atom stereocenters. The molecule has 2 aromatic rings. The normalized spacial score (nSPS) is 22.0. The molecule has 60 valence electrons. The van der Waals surface area contributed by atoms with E-state index in [0.29, 0.717) is 0 Å². The molecule has 0 heteroatoms. The average Bonchev–Trinajstić information content (AvgIpc) is 2.58. The molecule has 0 bridgehead atoms. The first-order valence-corrected chi connectivity index (χ1v) is 3.00. The molecule has 0 unspecified atom stereocenters. The van der Waals surface area contributed by atoms with Gasteiger partial charge < -0.3 is 0 Å². The van der Waals surface area contributed by atoms with Crippen molar-refractivity contribution in [2.75, 3.05) is 0 Å². The molecule has 0 aliphatic carbocycles. The van der Waals surface area contributed by atoms with Gasteiger partial charge in [-0.3, -0.25) is 0 Å². The zero-order valence-electron chi connectivity index (χ0n) is 18.0. The fourth-order valence-electron chi connectivity index (χ4n) is 0.375. The lowest BCUT2D eigenvalue weighted by Crippen LogP contribution is -1.47. The Morgan fingerprint density at radius 3 is 0.500 bits per heavy atom. The first-order valence-electron chi connectivity index (χ1n) is 9.00. The lowest BCUT2D eigenvalue weighted by molar-refractivity contribution is 1.72. The van der Waals surface area contributed by atoms with Crippen LogP contribution in [0.25, 0.3) is 0 Å². The second kappa shape index (κ2) is 6.17. The van der Waals surface area contributed by atoms with Crippen molar-refractivity contribution in [1.29, 1.82) is 0 Å². The number of hydrogen-bond donors (Lipinski definition) is 0. The van der Waals surface area contributed by atoms with E-state index in [-0.39, 0.29) is 0 Å². The molecule has 0 fully saturated rings. The second-order valence-corrected chi connectivity index (χ2v) is 1.50. The summed E-state index contributed by atoms with van der Waals surface area (Å²) >= 11 is 0. The van der Waals surface area contributed by atoms with Gasteiger partial charge in [0.1, 0.15) is 0 Å². The van der Waals surface area contributed by atoms with Crippen molar-refractivity contribution < 1.29 is 16.4 Å². The van der Waals surface area contributed by atoms with Gasteiger partial charge in [0.05, 0.1) is 16.4 Å². The Morgan fingerprint density at radius 2 is 0.417 bits per heavy atom.